The highest BCUT2D eigenvalue weighted by molar-refractivity contribution is 5.81. The van der Waals surface area contributed by atoms with E-state index in [1.54, 1.807) is 12.8 Å². The molecule has 0 aromatic rings. The Kier molecular flexibility index (Phi) is 14.1. The molecule has 2 saturated heterocycles. The molecule has 5 unspecified atom stereocenters. The van der Waals surface area contributed by atoms with Gasteiger partial charge < -0.3 is 60.1 Å². The first kappa shape index (κ1) is 40.7. The number of ether oxygens (including phenoxy) is 3. The molecule has 3 aliphatic carbocycles. The molecule has 6 aliphatic rings. The van der Waals surface area contributed by atoms with Crippen LogP contribution in [-0.2, 0) is 14.3 Å². The minimum atomic E-state index is -2.71. The maximum Gasteiger partial charge on any atom is 0.194 e. The molecule has 0 aromatic heterocycles. The number of nitrogens with two attached hydrogens (primary N) is 1. The van der Waals surface area contributed by atoms with Crippen molar-refractivity contribution < 1.29 is 60.1 Å². The van der Waals surface area contributed by atoms with E-state index in [-0.39, 0.29) is 42.4 Å². The summed E-state index contributed by atoms with van der Waals surface area (Å²) in [5.74, 6) is -0.793. The molecule has 298 valence electrons. The SMILES string of the molecule is C[C@H](CC=CC1CCCCC1)[C@H](C[NH2+][C@H]([O-])[C@@]1(O)[C@H](OC2CCC3C(C2)[OH+]CC(C2CCC(O)CC2)C3O)O[C@H](C(=O)[O-])[C@@H](O)[C@@H]1O)CC1=C[CH+]N=C1. The lowest BCUT2D eigenvalue weighted by Gasteiger charge is -2.53. The maximum absolute atomic E-state index is 14.1. The van der Waals surface area contributed by atoms with Gasteiger partial charge in [0.05, 0.1) is 55.0 Å². The Morgan fingerprint density at radius 2 is 1.85 bits per heavy atom. The lowest BCUT2D eigenvalue weighted by atomic mass is 9.69. The lowest BCUT2D eigenvalue weighted by Crippen LogP contribution is -3.02. The molecule has 13 nitrogen and oxygen atoms in total. The molecule has 6 rings (SSSR count). The molecule has 0 bridgehead atoms. The third kappa shape index (κ3) is 9.56. The van der Waals surface area contributed by atoms with Gasteiger partial charge in [-0.15, -0.1) is 4.99 Å². The Morgan fingerprint density at radius 1 is 1.09 bits per heavy atom. The molecule has 0 aromatic carbocycles. The van der Waals surface area contributed by atoms with Gasteiger partial charge in [0.1, 0.15) is 30.4 Å². The fourth-order valence-corrected chi connectivity index (χ4v) is 9.97. The molecule has 3 saturated carbocycles. The van der Waals surface area contributed by atoms with E-state index in [0.29, 0.717) is 44.1 Å². The summed E-state index contributed by atoms with van der Waals surface area (Å²) in [4.78, 5) is 16.2. The van der Waals surface area contributed by atoms with Crippen LogP contribution in [0.3, 0.4) is 0 Å². The highest BCUT2D eigenvalue weighted by atomic mass is 16.7. The minimum Gasteiger partial charge on any atom is -0.804 e. The number of hydrogen-bond donors (Lipinski definition) is 6. The number of aliphatic hydroxyl groups is 7. The predicted molar refractivity (Wildman–Crippen MR) is 190 cm³/mol. The van der Waals surface area contributed by atoms with Crippen molar-refractivity contribution in [1.29, 1.82) is 0 Å². The first-order chi connectivity index (χ1) is 25.4. The second-order valence-electron chi connectivity index (χ2n) is 17.0. The number of nitrogens with zero attached hydrogens (tertiary/aromatic N) is 1. The van der Waals surface area contributed by atoms with Gasteiger partial charge in [-0.3, -0.25) is 0 Å². The Labute approximate surface area is 313 Å². The van der Waals surface area contributed by atoms with E-state index in [1.165, 1.54) is 37.4 Å². The molecule has 3 heterocycles. The third-order valence-electron chi connectivity index (χ3n) is 13.5. The van der Waals surface area contributed by atoms with Crippen LogP contribution in [0.2, 0.25) is 0 Å². The Balaban J connectivity index is 1.11. The van der Waals surface area contributed by atoms with E-state index in [0.717, 1.165) is 37.7 Å². The highest BCUT2D eigenvalue weighted by Crippen LogP contribution is 2.43. The number of hydrogen-bond acceptors (Lipinski definition) is 11. The van der Waals surface area contributed by atoms with E-state index >= 15 is 0 Å². The first-order valence-corrected chi connectivity index (χ1v) is 20.3. The smallest absolute Gasteiger partial charge is 0.194 e. The van der Waals surface area contributed by atoms with Crippen molar-refractivity contribution in [1.82, 2.24) is 0 Å². The second kappa shape index (κ2) is 18.4. The van der Waals surface area contributed by atoms with Gasteiger partial charge in [-0.2, -0.15) is 0 Å². The number of aliphatic imine (C=N–C) groups is 1. The molecule has 0 amide bonds. The van der Waals surface area contributed by atoms with Gasteiger partial charge in [0.25, 0.3) is 0 Å². The molecule has 3 aliphatic heterocycles. The van der Waals surface area contributed by atoms with Crippen molar-refractivity contribution in [3.05, 3.63) is 30.3 Å². The summed E-state index contributed by atoms with van der Waals surface area (Å²) in [5, 5.41) is 82.9. The summed E-state index contributed by atoms with van der Waals surface area (Å²) in [7, 11) is 0. The average Bonchev–Trinajstić information content (AvgIpc) is 3.67. The number of carbonyl (C=O) groups excluding carboxylic acids is 1. The van der Waals surface area contributed by atoms with Crippen LogP contribution in [0, 0.1) is 42.1 Å². The molecule has 8 N–H and O–H groups in total. The number of quaternary nitrogens is 1. The number of carboxylic acid groups (broad SMARTS) is 1. The predicted octanol–water partition coefficient (Wildman–Crippen LogP) is -0.871. The Hall–Kier alpha value is -1.91. The zero-order chi connectivity index (χ0) is 37.7. The van der Waals surface area contributed by atoms with E-state index in [2.05, 4.69) is 24.1 Å². The van der Waals surface area contributed by atoms with Crippen molar-refractivity contribution in [2.75, 3.05) is 13.2 Å². The summed E-state index contributed by atoms with van der Waals surface area (Å²) >= 11 is 0. The van der Waals surface area contributed by atoms with Gasteiger partial charge in [0, 0.05) is 18.8 Å². The molecule has 5 fully saturated rings. The van der Waals surface area contributed by atoms with Crippen LogP contribution in [0.4, 0.5) is 0 Å². The first-order valence-electron chi connectivity index (χ1n) is 20.3. The number of rotatable bonds is 14. The van der Waals surface area contributed by atoms with Crippen LogP contribution < -0.4 is 15.5 Å². The maximum atomic E-state index is 14.1. The van der Waals surface area contributed by atoms with Gasteiger partial charge in [-0.05, 0) is 75.5 Å². The molecular formula is C40H63N2O11+. The minimum absolute atomic E-state index is 0.00529. The quantitative estimate of drug-likeness (QED) is 0.0558. The van der Waals surface area contributed by atoms with Gasteiger partial charge in [0.2, 0.25) is 0 Å². The molecular weight excluding hydrogens is 684 g/mol. The van der Waals surface area contributed by atoms with Crippen molar-refractivity contribution in [3.63, 3.8) is 0 Å². The monoisotopic (exact) mass is 747 g/mol. The molecule has 0 radical (unpaired) electrons. The fourth-order valence-electron chi connectivity index (χ4n) is 9.97. The van der Waals surface area contributed by atoms with Crippen LogP contribution in [0.25, 0.3) is 0 Å². The van der Waals surface area contributed by atoms with Crippen LogP contribution >= 0.6 is 0 Å². The molecule has 53 heavy (non-hydrogen) atoms. The number of carboxylic acids is 1. The molecule has 13 atom stereocenters. The van der Waals surface area contributed by atoms with E-state index in [4.69, 9.17) is 14.2 Å². The van der Waals surface area contributed by atoms with E-state index in [9.17, 15) is 40.5 Å². The summed E-state index contributed by atoms with van der Waals surface area (Å²) in [6.45, 7) is 4.64. The van der Waals surface area contributed by atoms with Crippen LogP contribution in [-0.4, -0.2) is 116 Å². The number of fused-ring (bicyclic) bond motifs is 1. The summed E-state index contributed by atoms with van der Waals surface area (Å²) in [6.07, 6.45) is 8.64. The normalized spacial score (nSPS) is 41.3. The highest BCUT2D eigenvalue weighted by Gasteiger charge is 2.60. The van der Waals surface area contributed by atoms with Crippen molar-refractivity contribution >= 4 is 12.2 Å². The average molecular weight is 748 g/mol. The lowest BCUT2D eigenvalue weighted by molar-refractivity contribution is -0.837. The van der Waals surface area contributed by atoms with Gasteiger partial charge in [-0.25, -0.2) is 0 Å². The zero-order valence-corrected chi connectivity index (χ0v) is 31.1. The van der Waals surface area contributed by atoms with Gasteiger partial charge in [-0.1, -0.05) is 38.3 Å². The number of aliphatic hydroxyl groups excluding tert-OH is 4. The number of aliphatic carboxylic acids is 1. The van der Waals surface area contributed by atoms with Crippen molar-refractivity contribution in [2.45, 2.75) is 158 Å². The largest absolute Gasteiger partial charge is 0.804 e. The van der Waals surface area contributed by atoms with E-state index < -0.39 is 54.6 Å². The second-order valence-corrected chi connectivity index (χ2v) is 17.0. The summed E-state index contributed by atoms with van der Waals surface area (Å²) in [5.41, 5.74) is -1.68. The van der Waals surface area contributed by atoms with Gasteiger partial charge >= 0.3 is 0 Å². The Bertz CT molecular complexity index is 1280. The topological polar surface area (TPSA) is 225 Å². The fraction of sp³-hybridized carbons (Fsp3) is 0.825. The number of allylic oxidation sites excluding steroid dienone is 3. The third-order valence-corrected chi connectivity index (χ3v) is 13.5. The molecule has 13 heteroatoms. The molecule has 0 spiro atoms. The van der Waals surface area contributed by atoms with Crippen LogP contribution in [0.15, 0.2) is 28.8 Å². The van der Waals surface area contributed by atoms with Gasteiger partial charge in [0.15, 0.2) is 30.8 Å². The zero-order valence-electron chi connectivity index (χ0n) is 31.1. The summed E-state index contributed by atoms with van der Waals surface area (Å²) in [6, 6.07) is 0. The Morgan fingerprint density at radius 3 is 2.55 bits per heavy atom. The standard InChI is InChI=1S/C40H62N2O11/c1-23(6-5-9-24-7-3-2-4-8-24)27(18-25-16-17-41-20-25)21-42-38(49)40(50)36(46)34(45)35(37(47)48)53-39(40)52-29-14-15-30-32(19-29)51-22-31(33(30)44)26-10-12-28(43)13-11-26/h5,9,16-17,20,23-24,26-36,38-39,42-46,50H,2-4,6-8,10-15,18-19,21-22H2,1H3,(H,47,48)/p+1/t23-,26?,27+,28?,29?,30?,31?,32?,33?,34-,35+,36+,38-,39-,40-/m1/s1. The van der Waals surface area contributed by atoms with Crippen molar-refractivity contribution in [2.24, 2.45) is 40.5 Å². The van der Waals surface area contributed by atoms with Crippen molar-refractivity contribution in [3.8, 4) is 0 Å². The van der Waals surface area contributed by atoms with E-state index in [1.807, 2.05) is 6.08 Å². The van der Waals surface area contributed by atoms with Crippen LogP contribution in [0.1, 0.15) is 96.8 Å². The number of carbonyl (C=O) groups is 1. The summed E-state index contributed by atoms with van der Waals surface area (Å²) < 4.78 is 16.7. The van der Waals surface area contributed by atoms with Crippen LogP contribution in [0.5, 0.6) is 0 Å².